The van der Waals surface area contributed by atoms with Gasteiger partial charge >= 0.3 is 0 Å². The summed E-state index contributed by atoms with van der Waals surface area (Å²) >= 11 is 1.17. The van der Waals surface area contributed by atoms with Crippen molar-refractivity contribution >= 4 is 34.4 Å². The van der Waals surface area contributed by atoms with E-state index >= 15 is 0 Å². The smallest absolute Gasteiger partial charge is 0.262 e. The Hall–Kier alpha value is -3.82. The highest BCUT2D eigenvalue weighted by molar-refractivity contribution is 7.99. The van der Waals surface area contributed by atoms with Crippen LogP contribution in [0.3, 0.4) is 0 Å². The Morgan fingerprint density at radius 2 is 1.73 bits per heavy atom. The molecule has 190 valence electrons. The molecule has 4 aromatic rings. The molecule has 9 heteroatoms. The van der Waals surface area contributed by atoms with Gasteiger partial charge in [-0.15, -0.1) is 0 Å². The number of ether oxygens (including phenoxy) is 1. The number of carbonyl (C=O) groups excluding carboxylic acids is 2. The predicted molar refractivity (Wildman–Crippen MR) is 142 cm³/mol. The molecule has 3 aromatic carbocycles. The molecular weight excluding hydrogens is 493 g/mol. The molecule has 0 aliphatic rings. The van der Waals surface area contributed by atoms with Crippen molar-refractivity contribution in [3.63, 3.8) is 0 Å². The molecule has 1 amide bonds. The number of amides is 1. The van der Waals surface area contributed by atoms with Gasteiger partial charge in [0.1, 0.15) is 5.82 Å². The van der Waals surface area contributed by atoms with E-state index in [9.17, 15) is 18.8 Å². The standard InChI is InChI=1S/C28H26FN3O4S/c1-18-3-7-20(8-4-18)25(33)17-37-28-31-24-15-21(9-12-23(24)27(35)32(28)13-14-36-2)26(34)30-16-19-5-10-22(29)11-6-19/h3-12,15H,13-14,16-17H2,1-2H3,(H,30,34). The highest BCUT2D eigenvalue weighted by Crippen LogP contribution is 2.20. The third-order valence-electron chi connectivity index (χ3n) is 5.77. The topological polar surface area (TPSA) is 90.3 Å². The number of hydrogen-bond donors (Lipinski definition) is 1. The lowest BCUT2D eigenvalue weighted by atomic mass is 10.1. The Bertz CT molecular complexity index is 1480. The second-order valence-electron chi connectivity index (χ2n) is 8.46. The summed E-state index contributed by atoms with van der Waals surface area (Å²) in [5.41, 5.74) is 2.83. The number of rotatable bonds is 10. The predicted octanol–water partition coefficient (Wildman–Crippen LogP) is 4.40. The molecule has 0 aliphatic heterocycles. The monoisotopic (exact) mass is 519 g/mol. The highest BCUT2D eigenvalue weighted by Gasteiger charge is 2.16. The molecule has 0 radical (unpaired) electrons. The van der Waals surface area contributed by atoms with Gasteiger partial charge in [0.05, 0.1) is 29.8 Å². The molecule has 4 rings (SSSR count). The van der Waals surface area contributed by atoms with E-state index in [4.69, 9.17) is 4.74 Å². The van der Waals surface area contributed by atoms with Crippen molar-refractivity contribution in [1.29, 1.82) is 0 Å². The van der Waals surface area contributed by atoms with E-state index in [1.54, 1.807) is 49.6 Å². The number of nitrogens with zero attached hydrogens (tertiary/aromatic N) is 2. The van der Waals surface area contributed by atoms with Gasteiger partial charge in [-0.2, -0.15) is 0 Å². The van der Waals surface area contributed by atoms with E-state index in [0.29, 0.717) is 33.8 Å². The maximum absolute atomic E-state index is 13.3. The molecule has 37 heavy (non-hydrogen) atoms. The van der Waals surface area contributed by atoms with E-state index < -0.39 is 0 Å². The molecule has 7 nitrogen and oxygen atoms in total. The van der Waals surface area contributed by atoms with Crippen LogP contribution in [-0.4, -0.2) is 40.7 Å². The fraction of sp³-hybridized carbons (Fsp3) is 0.214. The zero-order chi connectivity index (χ0) is 26.4. The summed E-state index contributed by atoms with van der Waals surface area (Å²) in [7, 11) is 1.55. The minimum atomic E-state index is -0.347. The van der Waals surface area contributed by atoms with Crippen LogP contribution in [0.2, 0.25) is 0 Å². The number of ketones is 1. The third kappa shape index (κ3) is 6.49. The molecule has 0 unspecified atom stereocenters. The Morgan fingerprint density at radius 3 is 2.43 bits per heavy atom. The number of benzene rings is 3. The molecule has 0 atom stereocenters. The molecule has 0 aliphatic carbocycles. The number of halogens is 1. The van der Waals surface area contributed by atoms with Gasteiger partial charge in [0.15, 0.2) is 10.9 Å². The van der Waals surface area contributed by atoms with Crippen molar-refractivity contribution in [2.45, 2.75) is 25.2 Å². The second-order valence-corrected chi connectivity index (χ2v) is 9.41. The van der Waals surface area contributed by atoms with Crippen LogP contribution in [0.1, 0.15) is 31.8 Å². The van der Waals surface area contributed by atoms with Crippen LogP contribution in [0, 0.1) is 12.7 Å². The number of aryl methyl sites for hydroxylation is 1. The molecule has 1 N–H and O–H groups in total. The normalized spacial score (nSPS) is 11.0. The number of carbonyl (C=O) groups is 2. The molecule has 0 saturated heterocycles. The van der Waals surface area contributed by atoms with Crippen molar-refractivity contribution in [2.24, 2.45) is 0 Å². The molecule has 1 aromatic heterocycles. The average molecular weight is 520 g/mol. The summed E-state index contributed by atoms with van der Waals surface area (Å²) in [6.07, 6.45) is 0. The molecule has 0 fully saturated rings. The van der Waals surface area contributed by atoms with Gasteiger partial charge in [0.2, 0.25) is 0 Å². The van der Waals surface area contributed by atoms with Gasteiger partial charge in [-0.3, -0.25) is 19.0 Å². The lowest BCUT2D eigenvalue weighted by Crippen LogP contribution is -2.26. The second kappa shape index (κ2) is 11.9. The van der Waals surface area contributed by atoms with Gasteiger partial charge in [-0.05, 0) is 42.8 Å². The Kier molecular flexibility index (Phi) is 8.47. The lowest BCUT2D eigenvalue weighted by Gasteiger charge is -2.13. The van der Waals surface area contributed by atoms with E-state index in [-0.39, 0.29) is 41.9 Å². The maximum Gasteiger partial charge on any atom is 0.262 e. The van der Waals surface area contributed by atoms with Crippen molar-refractivity contribution in [1.82, 2.24) is 14.9 Å². The van der Waals surface area contributed by atoms with E-state index in [1.807, 2.05) is 19.1 Å². The van der Waals surface area contributed by atoms with Crippen LogP contribution < -0.4 is 10.9 Å². The first kappa shape index (κ1) is 26.2. The van der Waals surface area contributed by atoms with E-state index in [1.165, 1.54) is 28.5 Å². The lowest BCUT2D eigenvalue weighted by molar-refractivity contribution is 0.0950. The first-order chi connectivity index (χ1) is 17.9. The molecule has 0 bridgehead atoms. The summed E-state index contributed by atoms with van der Waals surface area (Å²) in [5.74, 6) is -0.667. The highest BCUT2D eigenvalue weighted by atomic mass is 32.2. The fourth-order valence-electron chi connectivity index (χ4n) is 3.67. The molecule has 0 spiro atoms. The number of aromatic nitrogens is 2. The number of thioether (sulfide) groups is 1. The maximum atomic E-state index is 13.3. The van der Waals surface area contributed by atoms with Gasteiger partial charge in [-0.25, -0.2) is 9.37 Å². The minimum Gasteiger partial charge on any atom is -0.383 e. The molecule has 0 saturated carbocycles. The van der Waals surface area contributed by atoms with Crippen LogP contribution in [0.4, 0.5) is 4.39 Å². The van der Waals surface area contributed by atoms with Crippen LogP contribution in [0.15, 0.2) is 76.7 Å². The van der Waals surface area contributed by atoms with Gasteiger partial charge in [0.25, 0.3) is 11.5 Å². The summed E-state index contributed by atoms with van der Waals surface area (Å²) in [4.78, 5) is 43.4. The minimum absolute atomic E-state index is 0.0773. The Morgan fingerprint density at radius 1 is 1.03 bits per heavy atom. The fourth-order valence-corrected chi connectivity index (χ4v) is 4.59. The summed E-state index contributed by atoms with van der Waals surface area (Å²) in [5, 5.41) is 3.53. The molecule has 1 heterocycles. The number of hydrogen-bond acceptors (Lipinski definition) is 6. The number of Topliss-reactive ketones (excluding diaryl/α,β-unsaturated/α-hetero) is 1. The first-order valence-corrected chi connectivity index (χ1v) is 12.6. The van der Waals surface area contributed by atoms with Crippen LogP contribution in [0.5, 0.6) is 0 Å². The van der Waals surface area contributed by atoms with Crippen LogP contribution in [0.25, 0.3) is 10.9 Å². The molecular formula is C28H26FN3O4S. The summed E-state index contributed by atoms with van der Waals surface area (Å²) in [6, 6.07) is 17.9. The first-order valence-electron chi connectivity index (χ1n) is 11.6. The van der Waals surface area contributed by atoms with Crippen molar-refractivity contribution in [2.75, 3.05) is 19.5 Å². The van der Waals surface area contributed by atoms with Crippen molar-refractivity contribution in [3.8, 4) is 0 Å². The van der Waals surface area contributed by atoms with Crippen LogP contribution >= 0.6 is 11.8 Å². The largest absolute Gasteiger partial charge is 0.383 e. The van der Waals surface area contributed by atoms with Gasteiger partial charge in [0, 0.05) is 24.8 Å². The summed E-state index contributed by atoms with van der Waals surface area (Å²) in [6.45, 7) is 2.76. The average Bonchev–Trinajstić information content (AvgIpc) is 2.91. The van der Waals surface area contributed by atoms with Gasteiger partial charge in [-0.1, -0.05) is 53.7 Å². The zero-order valence-corrected chi connectivity index (χ0v) is 21.3. The Balaban J connectivity index is 1.58. The Labute approximate surface area is 217 Å². The van der Waals surface area contributed by atoms with Gasteiger partial charge < -0.3 is 10.1 Å². The number of nitrogens with one attached hydrogen (secondary N) is 1. The quantitative estimate of drug-likeness (QED) is 0.190. The third-order valence-corrected chi connectivity index (χ3v) is 6.75. The van der Waals surface area contributed by atoms with Crippen molar-refractivity contribution < 1.29 is 18.7 Å². The summed E-state index contributed by atoms with van der Waals surface area (Å²) < 4.78 is 19.8. The van der Waals surface area contributed by atoms with Crippen LogP contribution in [-0.2, 0) is 17.8 Å². The number of methoxy groups -OCH3 is 1. The number of fused-ring (bicyclic) bond motifs is 1. The SMILES string of the molecule is COCCn1c(SCC(=O)c2ccc(C)cc2)nc2cc(C(=O)NCc3ccc(F)cc3)ccc2c1=O. The van der Waals surface area contributed by atoms with E-state index in [0.717, 1.165) is 11.1 Å². The van der Waals surface area contributed by atoms with E-state index in [2.05, 4.69) is 10.3 Å². The zero-order valence-electron chi connectivity index (χ0n) is 20.5. The van der Waals surface area contributed by atoms with Crippen molar-refractivity contribution in [3.05, 3.63) is 105 Å².